The fourth-order valence-corrected chi connectivity index (χ4v) is 2.25. The van der Waals surface area contributed by atoms with Crippen molar-refractivity contribution < 1.29 is 4.74 Å². The molecule has 0 bridgehead atoms. The summed E-state index contributed by atoms with van der Waals surface area (Å²) in [5, 5.41) is 4.69. The van der Waals surface area contributed by atoms with E-state index in [4.69, 9.17) is 4.74 Å². The van der Waals surface area contributed by atoms with Crippen LogP contribution in [0.15, 0.2) is 63.2 Å². The van der Waals surface area contributed by atoms with E-state index in [1.54, 1.807) is 48.5 Å². The van der Waals surface area contributed by atoms with Crippen LogP contribution in [0, 0.1) is 0 Å². The molecule has 110 valence electrons. The molecule has 5 heteroatoms. The fraction of sp³-hybridized carbons (Fsp3) is 0.118. The van der Waals surface area contributed by atoms with Crippen LogP contribution in [0.4, 0.5) is 5.69 Å². The number of anilines is 1. The SMILES string of the molecule is CCOc1ccc(NN=c2c(=O)c3ccccc3c2=O)cc1. The molecule has 0 saturated heterocycles. The molecule has 1 N–H and O–H groups in total. The van der Waals surface area contributed by atoms with Gasteiger partial charge in [-0.1, -0.05) is 24.3 Å². The van der Waals surface area contributed by atoms with Gasteiger partial charge in [0.15, 0.2) is 5.36 Å². The lowest BCUT2D eigenvalue weighted by molar-refractivity contribution is 0.340. The first-order chi connectivity index (χ1) is 10.7. The summed E-state index contributed by atoms with van der Waals surface area (Å²) in [6.07, 6.45) is 0. The van der Waals surface area contributed by atoms with Gasteiger partial charge in [0, 0.05) is 10.8 Å². The van der Waals surface area contributed by atoms with E-state index in [-0.39, 0.29) is 16.2 Å². The van der Waals surface area contributed by atoms with Crippen molar-refractivity contribution in [2.75, 3.05) is 12.0 Å². The van der Waals surface area contributed by atoms with Crippen molar-refractivity contribution >= 4 is 16.5 Å². The summed E-state index contributed by atoms with van der Waals surface area (Å²) < 4.78 is 5.34. The van der Waals surface area contributed by atoms with Gasteiger partial charge in [0.25, 0.3) is 0 Å². The fourth-order valence-electron chi connectivity index (χ4n) is 2.25. The summed E-state index contributed by atoms with van der Waals surface area (Å²) in [6.45, 7) is 2.50. The second-order valence-electron chi connectivity index (χ2n) is 4.73. The second kappa shape index (κ2) is 5.81. The first-order valence-corrected chi connectivity index (χ1v) is 6.95. The lowest BCUT2D eigenvalue weighted by Gasteiger charge is -2.03. The molecule has 0 atom stereocenters. The van der Waals surface area contributed by atoms with E-state index in [0.29, 0.717) is 23.1 Å². The Balaban J connectivity index is 1.96. The maximum Gasteiger partial charge on any atom is 0.217 e. The Kier molecular flexibility index (Phi) is 3.70. The van der Waals surface area contributed by atoms with E-state index in [1.165, 1.54) is 0 Å². The number of nitrogens with one attached hydrogen (secondary N) is 1. The molecule has 22 heavy (non-hydrogen) atoms. The quantitative estimate of drug-likeness (QED) is 0.745. The molecule has 0 heterocycles. The predicted octanol–water partition coefficient (Wildman–Crippen LogP) is 1.76. The molecular formula is C17H14N2O3. The summed E-state index contributed by atoms with van der Waals surface area (Å²) in [5.74, 6) is 0.751. The van der Waals surface area contributed by atoms with Gasteiger partial charge in [0.1, 0.15) is 5.75 Å². The van der Waals surface area contributed by atoms with Crippen molar-refractivity contribution in [3.05, 3.63) is 74.3 Å². The van der Waals surface area contributed by atoms with Crippen LogP contribution in [0.3, 0.4) is 0 Å². The molecular weight excluding hydrogens is 280 g/mol. The van der Waals surface area contributed by atoms with Gasteiger partial charge in [-0.25, -0.2) is 0 Å². The van der Waals surface area contributed by atoms with E-state index >= 15 is 0 Å². The van der Waals surface area contributed by atoms with Crippen molar-refractivity contribution in [3.63, 3.8) is 0 Å². The molecule has 0 spiro atoms. The number of nitrogens with zero attached hydrogens (tertiary/aromatic N) is 1. The van der Waals surface area contributed by atoms with Crippen LogP contribution in [-0.2, 0) is 0 Å². The minimum absolute atomic E-state index is 0.0879. The van der Waals surface area contributed by atoms with Gasteiger partial charge in [-0.05, 0) is 31.2 Å². The van der Waals surface area contributed by atoms with E-state index in [2.05, 4.69) is 10.5 Å². The highest BCUT2D eigenvalue weighted by molar-refractivity contribution is 5.83. The summed E-state index contributed by atoms with van der Waals surface area (Å²) >= 11 is 0. The topological polar surface area (TPSA) is 67.8 Å². The molecule has 0 fully saturated rings. The van der Waals surface area contributed by atoms with Crippen LogP contribution in [0.5, 0.6) is 5.75 Å². The smallest absolute Gasteiger partial charge is 0.217 e. The van der Waals surface area contributed by atoms with Gasteiger partial charge in [-0.2, -0.15) is 5.10 Å². The Labute approximate surface area is 126 Å². The molecule has 3 rings (SSSR count). The number of fused-ring (bicyclic) bond motifs is 1. The Morgan fingerprint density at radius 1 is 0.955 bits per heavy atom. The Morgan fingerprint density at radius 3 is 2.09 bits per heavy atom. The minimum atomic E-state index is -0.348. The van der Waals surface area contributed by atoms with Gasteiger partial charge in [-0.3, -0.25) is 15.0 Å². The number of hydrogen-bond acceptors (Lipinski definition) is 5. The number of ether oxygens (including phenoxy) is 1. The monoisotopic (exact) mass is 294 g/mol. The maximum atomic E-state index is 12.2. The lowest BCUT2D eigenvalue weighted by Crippen LogP contribution is -2.32. The molecule has 0 unspecified atom stereocenters. The third kappa shape index (κ3) is 2.48. The summed E-state index contributed by atoms with van der Waals surface area (Å²) in [7, 11) is 0. The Hall–Kier alpha value is -2.95. The van der Waals surface area contributed by atoms with E-state index in [1.807, 2.05) is 6.92 Å². The average Bonchev–Trinajstić information content (AvgIpc) is 2.79. The molecule has 3 aromatic rings. The third-order valence-corrected chi connectivity index (χ3v) is 3.31. The molecule has 0 radical (unpaired) electrons. The standard InChI is InChI=1S/C17H14N2O3/c1-2-22-12-9-7-11(8-10-12)18-19-15-16(20)13-5-3-4-6-14(13)17(15)21/h3-10,18H,2H2,1H3. The molecule has 3 aromatic carbocycles. The van der Waals surface area contributed by atoms with Gasteiger partial charge in [0.2, 0.25) is 10.9 Å². The highest BCUT2D eigenvalue weighted by atomic mass is 16.5. The van der Waals surface area contributed by atoms with Crippen LogP contribution in [-0.4, -0.2) is 6.61 Å². The van der Waals surface area contributed by atoms with Crippen LogP contribution < -0.4 is 26.4 Å². The number of hydrogen-bond donors (Lipinski definition) is 1. The first-order valence-electron chi connectivity index (χ1n) is 6.95. The summed E-state index contributed by atoms with van der Waals surface area (Å²) in [6, 6.07) is 13.8. The van der Waals surface area contributed by atoms with Gasteiger partial charge >= 0.3 is 0 Å². The van der Waals surface area contributed by atoms with Crippen molar-refractivity contribution in [1.82, 2.24) is 0 Å². The van der Waals surface area contributed by atoms with E-state index in [0.717, 1.165) is 5.75 Å². The Bertz CT molecular complexity index is 902. The molecule has 5 nitrogen and oxygen atoms in total. The number of rotatable bonds is 4. The minimum Gasteiger partial charge on any atom is -0.494 e. The van der Waals surface area contributed by atoms with Crippen LogP contribution >= 0.6 is 0 Å². The van der Waals surface area contributed by atoms with Gasteiger partial charge in [-0.15, -0.1) is 0 Å². The highest BCUT2D eigenvalue weighted by Gasteiger charge is 2.09. The highest BCUT2D eigenvalue weighted by Crippen LogP contribution is 2.15. The van der Waals surface area contributed by atoms with Crippen molar-refractivity contribution in [2.45, 2.75) is 6.92 Å². The zero-order chi connectivity index (χ0) is 15.5. The van der Waals surface area contributed by atoms with Crippen LogP contribution in [0.25, 0.3) is 10.8 Å². The lowest BCUT2D eigenvalue weighted by atomic mass is 10.2. The van der Waals surface area contributed by atoms with Crippen molar-refractivity contribution in [2.24, 2.45) is 5.10 Å². The molecule has 0 aliphatic carbocycles. The normalized spacial score (nSPS) is 10.6. The Morgan fingerprint density at radius 2 is 1.55 bits per heavy atom. The summed E-state index contributed by atoms with van der Waals surface area (Å²) in [5.41, 5.74) is 2.72. The van der Waals surface area contributed by atoms with E-state index < -0.39 is 0 Å². The zero-order valence-electron chi connectivity index (χ0n) is 12.0. The molecule has 0 amide bonds. The first kappa shape index (κ1) is 14.0. The third-order valence-electron chi connectivity index (χ3n) is 3.31. The largest absolute Gasteiger partial charge is 0.494 e. The molecule has 0 aliphatic rings. The molecule has 0 saturated carbocycles. The summed E-state index contributed by atoms with van der Waals surface area (Å²) in [4.78, 5) is 24.3. The van der Waals surface area contributed by atoms with Crippen molar-refractivity contribution in [1.29, 1.82) is 0 Å². The second-order valence-corrected chi connectivity index (χ2v) is 4.73. The maximum absolute atomic E-state index is 12.2. The van der Waals surface area contributed by atoms with Gasteiger partial charge < -0.3 is 4.74 Å². The van der Waals surface area contributed by atoms with E-state index in [9.17, 15) is 9.59 Å². The van der Waals surface area contributed by atoms with Crippen LogP contribution in [0.1, 0.15) is 6.92 Å². The van der Waals surface area contributed by atoms with Crippen molar-refractivity contribution in [3.8, 4) is 5.75 Å². The predicted molar refractivity (Wildman–Crippen MR) is 85.7 cm³/mol. The molecule has 0 aliphatic heterocycles. The average molecular weight is 294 g/mol. The van der Waals surface area contributed by atoms with Crippen LogP contribution in [0.2, 0.25) is 0 Å². The molecule has 0 aromatic heterocycles. The van der Waals surface area contributed by atoms with Gasteiger partial charge in [0.05, 0.1) is 12.3 Å². The number of benzene rings is 2. The zero-order valence-corrected chi connectivity index (χ0v) is 12.0.